The maximum absolute atomic E-state index is 4.47. The van der Waals surface area contributed by atoms with Gasteiger partial charge in [0.25, 0.3) is 0 Å². The van der Waals surface area contributed by atoms with Crippen LogP contribution in [0.3, 0.4) is 0 Å². The van der Waals surface area contributed by atoms with Gasteiger partial charge in [-0.05, 0) is 0 Å². The molecule has 0 aliphatic heterocycles. The summed E-state index contributed by atoms with van der Waals surface area (Å²) in [6, 6.07) is 0. The fraction of sp³-hybridized carbons (Fsp3) is 1.00. The smallest absolute Gasteiger partial charge is 0.145 e. The van der Waals surface area contributed by atoms with Crippen LogP contribution in [0, 0.1) is 0 Å². The van der Waals surface area contributed by atoms with Crippen molar-refractivity contribution in [1.29, 1.82) is 0 Å². The first kappa shape index (κ1) is 9.96. The molecule has 0 saturated heterocycles. The molecule has 0 bridgehead atoms. The van der Waals surface area contributed by atoms with Crippen molar-refractivity contribution in [3.05, 3.63) is 0 Å². The van der Waals surface area contributed by atoms with Crippen molar-refractivity contribution in [2.75, 3.05) is 21.0 Å². The Morgan fingerprint density at radius 1 is 1.14 bits per heavy atom. The Morgan fingerprint density at radius 2 is 1.43 bits per heavy atom. The molecule has 0 aromatic heterocycles. The molecule has 0 atom stereocenters. The summed E-state index contributed by atoms with van der Waals surface area (Å²) in [7, 11) is 3.17. The summed E-state index contributed by atoms with van der Waals surface area (Å²) in [4.78, 5) is 0. The number of hydrazine groups is 1. The Labute approximate surface area is 43.4 Å². The molecule has 0 amide bonds. The molecule has 0 heterocycles. The van der Waals surface area contributed by atoms with Crippen molar-refractivity contribution < 1.29 is 9.47 Å². The quantitative estimate of drug-likeness (QED) is 0.272. The summed E-state index contributed by atoms with van der Waals surface area (Å²) in [5.74, 6) is 8.00. The van der Waals surface area contributed by atoms with E-state index in [0.29, 0.717) is 6.79 Å². The van der Waals surface area contributed by atoms with Crippen LogP contribution in [-0.2, 0) is 9.47 Å². The second-order valence-electron chi connectivity index (χ2n) is 0.695. The van der Waals surface area contributed by atoms with Gasteiger partial charge in [-0.3, -0.25) is 11.7 Å². The van der Waals surface area contributed by atoms with Gasteiger partial charge in [0.15, 0.2) is 0 Å². The molecule has 0 aromatic carbocycles. The predicted molar refractivity (Wildman–Crippen MR) is 27.3 cm³/mol. The fourth-order valence-corrected chi connectivity index (χ4v) is 0.118. The number of hydrogen-bond acceptors (Lipinski definition) is 4. The third-order valence-electron chi connectivity index (χ3n) is 0.236. The lowest BCUT2D eigenvalue weighted by molar-refractivity contribution is -0.00271. The Hall–Kier alpha value is -0.160. The van der Waals surface area contributed by atoms with Gasteiger partial charge in [0, 0.05) is 14.2 Å². The lowest BCUT2D eigenvalue weighted by Crippen LogP contribution is -2.02. The van der Waals surface area contributed by atoms with E-state index in [-0.39, 0.29) is 0 Å². The van der Waals surface area contributed by atoms with Crippen molar-refractivity contribution in [3.63, 3.8) is 0 Å². The van der Waals surface area contributed by atoms with Gasteiger partial charge in [-0.2, -0.15) is 0 Å². The van der Waals surface area contributed by atoms with Crippen LogP contribution in [0.5, 0.6) is 0 Å². The van der Waals surface area contributed by atoms with E-state index in [4.69, 9.17) is 0 Å². The van der Waals surface area contributed by atoms with E-state index in [1.807, 2.05) is 0 Å². The molecule has 4 nitrogen and oxygen atoms in total. The molecule has 4 heteroatoms. The van der Waals surface area contributed by atoms with Crippen LogP contribution in [0.25, 0.3) is 0 Å². The molecule has 0 fully saturated rings. The van der Waals surface area contributed by atoms with E-state index in [2.05, 4.69) is 21.2 Å². The molecule has 0 saturated carbocycles. The number of ether oxygens (including phenoxy) is 2. The van der Waals surface area contributed by atoms with Gasteiger partial charge < -0.3 is 9.47 Å². The second-order valence-corrected chi connectivity index (χ2v) is 0.695. The van der Waals surface area contributed by atoms with E-state index in [1.165, 1.54) is 0 Å². The van der Waals surface area contributed by atoms with Gasteiger partial charge in [0.05, 0.1) is 0 Å². The highest BCUT2D eigenvalue weighted by Crippen LogP contribution is 1.60. The van der Waals surface area contributed by atoms with Gasteiger partial charge in [-0.25, -0.2) is 0 Å². The Morgan fingerprint density at radius 3 is 1.43 bits per heavy atom. The molecule has 0 rings (SSSR count). The van der Waals surface area contributed by atoms with E-state index in [1.54, 1.807) is 14.2 Å². The van der Waals surface area contributed by atoms with Crippen LogP contribution >= 0.6 is 0 Å². The SMILES string of the molecule is COCOC.NN. The van der Waals surface area contributed by atoms with Crippen LogP contribution < -0.4 is 11.7 Å². The molecule has 0 aromatic rings. The standard InChI is InChI=1S/C3H8O2.H4N2/c1-4-3-5-2;1-2/h3H2,1-2H3;1-2H2. The zero-order chi connectivity index (χ0) is 6.12. The van der Waals surface area contributed by atoms with Crippen molar-refractivity contribution in [3.8, 4) is 0 Å². The van der Waals surface area contributed by atoms with Crippen LogP contribution in [0.4, 0.5) is 0 Å². The van der Waals surface area contributed by atoms with Crippen LogP contribution in [0.1, 0.15) is 0 Å². The highest BCUT2D eigenvalue weighted by Gasteiger charge is 1.63. The first-order chi connectivity index (χ1) is 3.41. The first-order valence-corrected chi connectivity index (χ1v) is 1.73. The average molecular weight is 108 g/mol. The summed E-state index contributed by atoms with van der Waals surface area (Å²) in [6.07, 6.45) is 0. The van der Waals surface area contributed by atoms with Crippen molar-refractivity contribution in [2.24, 2.45) is 11.7 Å². The topological polar surface area (TPSA) is 70.5 Å². The van der Waals surface area contributed by atoms with E-state index in [0.717, 1.165) is 0 Å². The summed E-state index contributed by atoms with van der Waals surface area (Å²) in [5, 5.41) is 0. The van der Waals surface area contributed by atoms with E-state index in [9.17, 15) is 0 Å². The highest BCUT2D eigenvalue weighted by molar-refractivity contribution is 3.84. The molecule has 46 valence electrons. The molecular weight excluding hydrogens is 96.0 g/mol. The van der Waals surface area contributed by atoms with Crippen LogP contribution in [0.15, 0.2) is 0 Å². The molecule has 0 aliphatic carbocycles. The molecule has 7 heavy (non-hydrogen) atoms. The van der Waals surface area contributed by atoms with E-state index >= 15 is 0 Å². The monoisotopic (exact) mass is 108 g/mol. The Balaban J connectivity index is 0. The minimum atomic E-state index is 0.389. The summed E-state index contributed by atoms with van der Waals surface area (Å²) >= 11 is 0. The van der Waals surface area contributed by atoms with E-state index < -0.39 is 0 Å². The predicted octanol–water partition coefficient (Wildman–Crippen LogP) is -0.944. The van der Waals surface area contributed by atoms with Gasteiger partial charge >= 0.3 is 0 Å². The van der Waals surface area contributed by atoms with Crippen LogP contribution in [-0.4, -0.2) is 21.0 Å². The minimum absolute atomic E-state index is 0.389. The summed E-state index contributed by atoms with van der Waals surface area (Å²) in [6.45, 7) is 0.389. The van der Waals surface area contributed by atoms with Gasteiger partial charge in [0.1, 0.15) is 6.79 Å². The minimum Gasteiger partial charge on any atom is -0.359 e. The lowest BCUT2D eigenvalue weighted by Gasteiger charge is -1.87. The second kappa shape index (κ2) is 17.0. The van der Waals surface area contributed by atoms with Gasteiger partial charge in [-0.15, -0.1) is 0 Å². The molecule has 0 aliphatic rings. The first-order valence-electron chi connectivity index (χ1n) is 1.73. The largest absolute Gasteiger partial charge is 0.359 e. The molecule has 0 radical (unpaired) electrons. The number of rotatable bonds is 2. The molecule has 0 unspecified atom stereocenters. The maximum Gasteiger partial charge on any atom is 0.145 e. The zero-order valence-electron chi connectivity index (χ0n) is 4.68. The zero-order valence-corrected chi connectivity index (χ0v) is 4.68. The normalized spacial score (nSPS) is 6.86. The van der Waals surface area contributed by atoms with Gasteiger partial charge in [0.2, 0.25) is 0 Å². The number of methoxy groups -OCH3 is 2. The van der Waals surface area contributed by atoms with Crippen molar-refractivity contribution >= 4 is 0 Å². The third kappa shape index (κ3) is 25.4. The van der Waals surface area contributed by atoms with Gasteiger partial charge in [-0.1, -0.05) is 0 Å². The molecule has 4 N–H and O–H groups in total. The van der Waals surface area contributed by atoms with Crippen molar-refractivity contribution in [2.45, 2.75) is 0 Å². The lowest BCUT2D eigenvalue weighted by atomic mass is 11.4. The number of hydrogen-bond donors (Lipinski definition) is 2. The Kier molecular flexibility index (Phi) is 24.1. The number of nitrogens with two attached hydrogens (primary N) is 2. The Bertz CT molecular complexity index is 18.4. The maximum atomic E-state index is 4.47. The highest BCUT2D eigenvalue weighted by atomic mass is 16.6. The molecule has 0 spiro atoms. The summed E-state index contributed by atoms with van der Waals surface area (Å²) < 4.78 is 8.94. The fourth-order valence-electron chi connectivity index (χ4n) is 0.118. The van der Waals surface area contributed by atoms with Crippen LogP contribution in [0.2, 0.25) is 0 Å². The third-order valence-corrected chi connectivity index (χ3v) is 0.236. The average Bonchev–Trinajstić information content (AvgIpc) is 1.75. The van der Waals surface area contributed by atoms with Crippen molar-refractivity contribution in [1.82, 2.24) is 0 Å². The summed E-state index contributed by atoms with van der Waals surface area (Å²) in [5.41, 5.74) is 0. The molecular formula is C3H12N2O2.